The van der Waals surface area contributed by atoms with Crippen LogP contribution in [0.15, 0.2) is 41.7 Å². The predicted molar refractivity (Wildman–Crippen MR) is 88.5 cm³/mol. The number of halogens is 1. The molecule has 0 fully saturated rings. The molecular formula is C17H15ClN2O4. The standard InChI is InChI=1S/C17H15ClN2O4/c1-9-14(15(20-24-9)10-4-3-5-12(18)6-10)16(21)11-7-13(19-8-11)17(22)23-2/h3-9,14,19H,1-2H3. The normalized spacial score (nSPS) is 19.5. The summed E-state index contributed by atoms with van der Waals surface area (Å²) in [5.41, 5.74) is 1.84. The number of nitrogens with one attached hydrogen (secondary N) is 1. The average Bonchev–Trinajstić information content (AvgIpc) is 3.20. The molecule has 1 aromatic carbocycles. The van der Waals surface area contributed by atoms with E-state index < -0.39 is 18.0 Å². The fourth-order valence-electron chi connectivity index (χ4n) is 2.64. The molecule has 0 saturated heterocycles. The molecule has 7 heteroatoms. The van der Waals surface area contributed by atoms with Gasteiger partial charge in [-0.25, -0.2) is 4.79 Å². The fourth-order valence-corrected chi connectivity index (χ4v) is 2.83. The van der Waals surface area contributed by atoms with Crippen LogP contribution < -0.4 is 0 Å². The molecule has 2 aromatic rings. The monoisotopic (exact) mass is 346 g/mol. The zero-order valence-corrected chi connectivity index (χ0v) is 13.8. The van der Waals surface area contributed by atoms with Gasteiger partial charge < -0.3 is 14.6 Å². The molecule has 2 heterocycles. The fraction of sp³-hybridized carbons (Fsp3) is 0.235. The van der Waals surface area contributed by atoms with Crippen molar-refractivity contribution in [2.24, 2.45) is 11.1 Å². The number of hydrogen-bond acceptors (Lipinski definition) is 5. The highest BCUT2D eigenvalue weighted by Gasteiger charge is 2.38. The van der Waals surface area contributed by atoms with Crippen molar-refractivity contribution >= 4 is 29.1 Å². The highest BCUT2D eigenvalue weighted by molar-refractivity contribution is 6.31. The summed E-state index contributed by atoms with van der Waals surface area (Å²) >= 11 is 6.02. The molecule has 1 aromatic heterocycles. The summed E-state index contributed by atoms with van der Waals surface area (Å²) < 4.78 is 4.63. The molecule has 24 heavy (non-hydrogen) atoms. The van der Waals surface area contributed by atoms with Crippen molar-refractivity contribution in [2.75, 3.05) is 7.11 Å². The van der Waals surface area contributed by atoms with Crippen LogP contribution in [-0.4, -0.2) is 35.7 Å². The Labute approximate surface area is 143 Å². The number of nitrogens with zero attached hydrogens (tertiary/aromatic N) is 1. The van der Waals surface area contributed by atoms with E-state index in [-0.39, 0.29) is 11.5 Å². The molecule has 0 amide bonds. The Kier molecular flexibility index (Phi) is 4.40. The number of oxime groups is 1. The second-order valence-corrected chi connectivity index (χ2v) is 5.87. The summed E-state index contributed by atoms with van der Waals surface area (Å²) in [7, 11) is 1.28. The summed E-state index contributed by atoms with van der Waals surface area (Å²) in [6.45, 7) is 1.78. The van der Waals surface area contributed by atoms with Crippen LogP contribution in [0.2, 0.25) is 5.02 Å². The van der Waals surface area contributed by atoms with E-state index in [2.05, 4.69) is 14.9 Å². The van der Waals surface area contributed by atoms with Gasteiger partial charge in [-0.3, -0.25) is 4.79 Å². The van der Waals surface area contributed by atoms with Gasteiger partial charge >= 0.3 is 5.97 Å². The highest BCUT2D eigenvalue weighted by Crippen LogP contribution is 2.28. The van der Waals surface area contributed by atoms with Gasteiger partial charge in [0.25, 0.3) is 0 Å². The first kappa shape index (κ1) is 16.3. The van der Waals surface area contributed by atoms with E-state index in [9.17, 15) is 9.59 Å². The number of ether oxygens (including phenoxy) is 1. The Morgan fingerprint density at radius 1 is 1.33 bits per heavy atom. The van der Waals surface area contributed by atoms with Gasteiger partial charge in [-0.2, -0.15) is 0 Å². The third-order valence-corrected chi connectivity index (χ3v) is 4.09. The van der Waals surface area contributed by atoms with Crippen LogP contribution in [0.25, 0.3) is 0 Å². The van der Waals surface area contributed by atoms with E-state index in [0.717, 1.165) is 5.56 Å². The van der Waals surface area contributed by atoms with E-state index in [0.29, 0.717) is 16.3 Å². The minimum Gasteiger partial charge on any atom is -0.464 e. The van der Waals surface area contributed by atoms with Gasteiger partial charge in [0.1, 0.15) is 23.4 Å². The molecule has 0 saturated carbocycles. The molecule has 1 N–H and O–H groups in total. The number of Topliss-reactive ketones (excluding diaryl/α,β-unsaturated/α-hetero) is 1. The lowest BCUT2D eigenvalue weighted by Crippen LogP contribution is -2.30. The van der Waals surface area contributed by atoms with E-state index in [1.54, 1.807) is 25.1 Å². The van der Waals surface area contributed by atoms with E-state index in [4.69, 9.17) is 16.4 Å². The lowest BCUT2D eigenvalue weighted by atomic mass is 9.87. The number of ketones is 1. The third-order valence-electron chi connectivity index (χ3n) is 3.86. The van der Waals surface area contributed by atoms with E-state index in [1.807, 2.05) is 6.07 Å². The lowest BCUT2D eigenvalue weighted by Gasteiger charge is -2.13. The summed E-state index contributed by atoms with van der Waals surface area (Å²) in [6, 6.07) is 8.56. The minimum absolute atomic E-state index is 0.190. The predicted octanol–water partition coefficient (Wildman–Crippen LogP) is 3.08. The summed E-state index contributed by atoms with van der Waals surface area (Å²) in [5.74, 6) is -1.30. The quantitative estimate of drug-likeness (QED) is 0.681. The van der Waals surface area contributed by atoms with Crippen molar-refractivity contribution in [1.29, 1.82) is 0 Å². The number of aromatic nitrogens is 1. The van der Waals surface area contributed by atoms with Gasteiger partial charge in [-0.1, -0.05) is 28.9 Å². The highest BCUT2D eigenvalue weighted by atomic mass is 35.5. The van der Waals surface area contributed by atoms with E-state index in [1.165, 1.54) is 19.4 Å². The summed E-state index contributed by atoms with van der Waals surface area (Å²) in [4.78, 5) is 32.5. The Hall–Kier alpha value is -2.60. The van der Waals surface area contributed by atoms with Gasteiger partial charge in [0.05, 0.1) is 7.11 Å². The van der Waals surface area contributed by atoms with Crippen LogP contribution in [0.4, 0.5) is 0 Å². The Morgan fingerprint density at radius 3 is 2.83 bits per heavy atom. The summed E-state index contributed by atoms with van der Waals surface area (Å²) in [5, 5.41) is 4.60. The lowest BCUT2D eigenvalue weighted by molar-refractivity contribution is 0.0594. The molecule has 2 atom stereocenters. The number of H-pyrrole nitrogens is 1. The maximum absolute atomic E-state index is 12.9. The molecule has 124 valence electrons. The first-order valence-electron chi connectivity index (χ1n) is 7.32. The first-order valence-corrected chi connectivity index (χ1v) is 7.69. The number of benzene rings is 1. The molecule has 0 spiro atoms. The smallest absolute Gasteiger partial charge is 0.354 e. The van der Waals surface area contributed by atoms with Gasteiger partial charge in [0.15, 0.2) is 5.78 Å². The maximum Gasteiger partial charge on any atom is 0.354 e. The molecule has 0 aliphatic carbocycles. The number of hydrogen-bond donors (Lipinski definition) is 1. The van der Waals surface area contributed by atoms with Crippen molar-refractivity contribution in [2.45, 2.75) is 13.0 Å². The van der Waals surface area contributed by atoms with Crippen LogP contribution >= 0.6 is 11.6 Å². The zero-order valence-electron chi connectivity index (χ0n) is 13.1. The summed E-state index contributed by atoms with van der Waals surface area (Å²) in [6.07, 6.45) is 1.07. The number of carbonyl (C=O) groups is 2. The van der Waals surface area contributed by atoms with Gasteiger partial charge in [-0.15, -0.1) is 0 Å². The Balaban J connectivity index is 1.91. The van der Waals surface area contributed by atoms with Crippen molar-refractivity contribution in [1.82, 2.24) is 4.98 Å². The zero-order chi connectivity index (χ0) is 17.3. The Morgan fingerprint density at radius 2 is 2.12 bits per heavy atom. The second kappa shape index (κ2) is 6.49. The number of rotatable bonds is 4. The Bertz CT molecular complexity index is 828. The number of methoxy groups -OCH3 is 1. The van der Waals surface area contributed by atoms with E-state index >= 15 is 0 Å². The molecule has 0 bridgehead atoms. The van der Waals surface area contributed by atoms with Crippen LogP contribution in [0.3, 0.4) is 0 Å². The SMILES string of the molecule is COC(=O)c1cc(C(=O)C2C(c3cccc(Cl)c3)=NOC2C)c[nH]1. The molecule has 2 unspecified atom stereocenters. The van der Waals surface area contributed by atoms with Gasteiger partial charge in [-0.05, 0) is 25.1 Å². The second-order valence-electron chi connectivity index (χ2n) is 5.43. The average molecular weight is 347 g/mol. The van der Waals surface area contributed by atoms with Crippen molar-refractivity contribution < 1.29 is 19.2 Å². The van der Waals surface area contributed by atoms with Crippen LogP contribution in [-0.2, 0) is 9.57 Å². The molecular weight excluding hydrogens is 332 g/mol. The van der Waals surface area contributed by atoms with Gasteiger partial charge in [0, 0.05) is 22.3 Å². The van der Waals surface area contributed by atoms with Crippen molar-refractivity contribution in [3.63, 3.8) is 0 Å². The first-order chi connectivity index (χ1) is 11.5. The third kappa shape index (κ3) is 2.92. The van der Waals surface area contributed by atoms with Gasteiger partial charge in [0.2, 0.25) is 0 Å². The molecule has 1 aliphatic heterocycles. The van der Waals surface area contributed by atoms with Crippen LogP contribution in [0.5, 0.6) is 0 Å². The number of aromatic amines is 1. The topological polar surface area (TPSA) is 80.8 Å². The molecule has 1 aliphatic rings. The maximum atomic E-state index is 12.9. The molecule has 3 rings (SSSR count). The van der Waals surface area contributed by atoms with Crippen LogP contribution in [0.1, 0.15) is 33.3 Å². The van der Waals surface area contributed by atoms with Crippen molar-refractivity contribution in [3.8, 4) is 0 Å². The van der Waals surface area contributed by atoms with Crippen molar-refractivity contribution in [3.05, 3.63) is 58.4 Å². The van der Waals surface area contributed by atoms with Crippen LogP contribution in [0, 0.1) is 5.92 Å². The molecule has 6 nitrogen and oxygen atoms in total. The number of carbonyl (C=O) groups excluding carboxylic acids is 2. The largest absolute Gasteiger partial charge is 0.464 e. The minimum atomic E-state index is -0.579. The number of esters is 1. The molecule has 0 radical (unpaired) electrons.